The monoisotopic (exact) mass is 254 g/mol. The van der Waals surface area contributed by atoms with Gasteiger partial charge in [0.2, 0.25) is 0 Å². The minimum Gasteiger partial charge on any atom is -0.422 e. The van der Waals surface area contributed by atoms with Gasteiger partial charge < -0.3 is 4.74 Å². The molecule has 1 heterocycles. The smallest absolute Gasteiger partial charge is 0.353 e. The lowest BCUT2D eigenvalue weighted by molar-refractivity contribution is 0.0742. The van der Waals surface area contributed by atoms with Crippen LogP contribution in [0.3, 0.4) is 0 Å². The Labute approximate surface area is 108 Å². The quantitative estimate of drug-likeness (QED) is 0.508. The highest BCUT2D eigenvalue weighted by molar-refractivity contribution is 7.12. The molecule has 0 fully saturated rings. The van der Waals surface area contributed by atoms with E-state index in [1.807, 2.05) is 53.9 Å². The third-order valence-electron chi connectivity index (χ3n) is 2.67. The van der Waals surface area contributed by atoms with Crippen molar-refractivity contribution in [2.75, 3.05) is 0 Å². The summed E-state index contributed by atoms with van der Waals surface area (Å²) in [4.78, 5) is 12.5. The van der Waals surface area contributed by atoms with Gasteiger partial charge in [0.05, 0.1) is 0 Å². The first kappa shape index (κ1) is 11.0. The summed E-state index contributed by atoms with van der Waals surface area (Å²) in [6.07, 6.45) is 0. The summed E-state index contributed by atoms with van der Waals surface area (Å²) in [5, 5.41) is 3.87. The Balaban J connectivity index is 1.98. The fourth-order valence-corrected chi connectivity index (χ4v) is 2.43. The number of fused-ring (bicyclic) bond motifs is 1. The van der Waals surface area contributed by atoms with Crippen molar-refractivity contribution in [2.24, 2.45) is 0 Å². The Morgan fingerprint density at radius 3 is 2.61 bits per heavy atom. The van der Waals surface area contributed by atoms with E-state index < -0.39 is 0 Å². The minimum atomic E-state index is -0.304. The van der Waals surface area contributed by atoms with Gasteiger partial charge in [-0.05, 0) is 22.9 Å². The number of rotatable bonds is 2. The van der Waals surface area contributed by atoms with Crippen molar-refractivity contribution in [3.8, 4) is 5.75 Å². The molecule has 1 aromatic heterocycles. The summed E-state index contributed by atoms with van der Waals surface area (Å²) < 4.78 is 5.44. The largest absolute Gasteiger partial charge is 0.422 e. The Morgan fingerprint density at radius 1 is 0.944 bits per heavy atom. The number of benzene rings is 2. The van der Waals surface area contributed by atoms with Gasteiger partial charge in [-0.15, -0.1) is 11.3 Å². The molecule has 3 heteroatoms. The molecule has 0 bridgehead atoms. The third-order valence-corrected chi connectivity index (χ3v) is 3.52. The summed E-state index contributed by atoms with van der Waals surface area (Å²) in [5.74, 6) is 0.299. The van der Waals surface area contributed by atoms with E-state index in [2.05, 4.69) is 0 Å². The first-order valence-corrected chi connectivity index (χ1v) is 6.46. The summed E-state index contributed by atoms with van der Waals surface area (Å²) in [7, 11) is 0. The van der Waals surface area contributed by atoms with Crippen LogP contribution in [-0.4, -0.2) is 5.97 Å². The number of thiophene rings is 1. The summed E-state index contributed by atoms with van der Waals surface area (Å²) in [6.45, 7) is 0. The average Bonchev–Trinajstić information content (AvgIpc) is 2.93. The number of hydrogen-bond acceptors (Lipinski definition) is 3. The molecule has 0 amide bonds. The second-order valence-electron chi connectivity index (χ2n) is 3.84. The van der Waals surface area contributed by atoms with E-state index in [4.69, 9.17) is 4.74 Å². The van der Waals surface area contributed by atoms with Gasteiger partial charge in [-0.2, -0.15) is 0 Å². The minimum absolute atomic E-state index is 0.304. The fourth-order valence-electron chi connectivity index (χ4n) is 1.83. The van der Waals surface area contributed by atoms with Crippen LogP contribution in [0, 0.1) is 0 Å². The Hall–Kier alpha value is -2.13. The maximum atomic E-state index is 11.9. The van der Waals surface area contributed by atoms with Crippen LogP contribution in [0.2, 0.25) is 0 Å². The lowest BCUT2D eigenvalue weighted by Crippen LogP contribution is -2.06. The van der Waals surface area contributed by atoms with Crippen molar-refractivity contribution < 1.29 is 9.53 Å². The molecule has 18 heavy (non-hydrogen) atoms. The predicted octanol–water partition coefficient (Wildman–Crippen LogP) is 4.12. The maximum absolute atomic E-state index is 11.9. The highest BCUT2D eigenvalue weighted by Gasteiger charge is 2.11. The molecular formula is C15H10O2S. The lowest BCUT2D eigenvalue weighted by atomic mass is 10.1. The second-order valence-corrected chi connectivity index (χ2v) is 4.79. The van der Waals surface area contributed by atoms with E-state index in [1.54, 1.807) is 6.07 Å². The van der Waals surface area contributed by atoms with Gasteiger partial charge in [0.15, 0.2) is 0 Å². The van der Waals surface area contributed by atoms with E-state index in [0.717, 1.165) is 10.8 Å². The SMILES string of the molecule is O=C(Oc1cccc2ccccc12)c1cccs1. The van der Waals surface area contributed by atoms with Crippen molar-refractivity contribution in [3.05, 3.63) is 64.9 Å². The van der Waals surface area contributed by atoms with E-state index in [-0.39, 0.29) is 5.97 Å². The number of esters is 1. The van der Waals surface area contributed by atoms with Gasteiger partial charge in [0, 0.05) is 5.39 Å². The van der Waals surface area contributed by atoms with Crippen molar-refractivity contribution in [2.45, 2.75) is 0 Å². The molecule has 0 atom stereocenters. The molecule has 0 saturated carbocycles. The van der Waals surface area contributed by atoms with Crippen LogP contribution in [0.1, 0.15) is 9.67 Å². The molecule has 0 saturated heterocycles. The van der Waals surface area contributed by atoms with Crippen LogP contribution in [-0.2, 0) is 0 Å². The Morgan fingerprint density at radius 2 is 1.78 bits per heavy atom. The zero-order chi connectivity index (χ0) is 12.4. The van der Waals surface area contributed by atoms with Gasteiger partial charge in [-0.3, -0.25) is 0 Å². The molecule has 0 aliphatic heterocycles. The normalized spacial score (nSPS) is 10.4. The number of ether oxygens (including phenoxy) is 1. The highest BCUT2D eigenvalue weighted by Crippen LogP contribution is 2.26. The molecule has 0 unspecified atom stereocenters. The molecule has 0 spiro atoms. The molecule has 0 N–H and O–H groups in total. The van der Waals surface area contributed by atoms with Crippen LogP contribution in [0.15, 0.2) is 60.0 Å². The molecule has 2 nitrogen and oxygen atoms in total. The molecule has 3 rings (SSSR count). The first-order chi connectivity index (χ1) is 8.84. The van der Waals surface area contributed by atoms with E-state index in [0.29, 0.717) is 10.6 Å². The zero-order valence-corrected chi connectivity index (χ0v) is 10.3. The number of hydrogen-bond donors (Lipinski definition) is 0. The van der Waals surface area contributed by atoms with E-state index in [9.17, 15) is 4.79 Å². The first-order valence-electron chi connectivity index (χ1n) is 5.58. The molecular weight excluding hydrogens is 244 g/mol. The van der Waals surface area contributed by atoms with E-state index in [1.165, 1.54) is 11.3 Å². The van der Waals surface area contributed by atoms with Gasteiger partial charge in [-0.1, -0.05) is 42.5 Å². The molecule has 88 valence electrons. The molecule has 3 aromatic rings. The van der Waals surface area contributed by atoms with Gasteiger partial charge >= 0.3 is 5.97 Å². The van der Waals surface area contributed by atoms with Crippen LogP contribution in [0.25, 0.3) is 10.8 Å². The van der Waals surface area contributed by atoms with Crippen molar-refractivity contribution in [1.82, 2.24) is 0 Å². The number of carbonyl (C=O) groups is 1. The average molecular weight is 254 g/mol. The van der Waals surface area contributed by atoms with Crippen molar-refractivity contribution >= 4 is 28.1 Å². The van der Waals surface area contributed by atoms with Gasteiger partial charge in [0.1, 0.15) is 10.6 Å². The predicted molar refractivity (Wildman–Crippen MR) is 73.2 cm³/mol. The lowest BCUT2D eigenvalue weighted by Gasteiger charge is -2.06. The topological polar surface area (TPSA) is 26.3 Å². The summed E-state index contributed by atoms with van der Waals surface area (Å²) in [5.41, 5.74) is 0. The standard InChI is InChI=1S/C15H10O2S/c16-15(14-9-4-10-18-14)17-13-8-3-6-11-5-1-2-7-12(11)13/h1-10H. The second kappa shape index (κ2) is 4.63. The van der Waals surface area contributed by atoms with Crippen LogP contribution in [0.5, 0.6) is 5.75 Å². The van der Waals surface area contributed by atoms with E-state index >= 15 is 0 Å². The maximum Gasteiger partial charge on any atom is 0.353 e. The molecule has 2 aromatic carbocycles. The summed E-state index contributed by atoms with van der Waals surface area (Å²) >= 11 is 1.38. The number of carbonyl (C=O) groups excluding carboxylic acids is 1. The molecule has 0 aliphatic carbocycles. The molecule has 0 aliphatic rings. The van der Waals surface area contributed by atoms with Crippen LogP contribution in [0.4, 0.5) is 0 Å². The fraction of sp³-hybridized carbons (Fsp3) is 0. The third kappa shape index (κ3) is 2.00. The Bertz CT molecular complexity index is 681. The molecule has 0 radical (unpaired) electrons. The van der Waals surface area contributed by atoms with Gasteiger partial charge in [0.25, 0.3) is 0 Å². The van der Waals surface area contributed by atoms with Crippen molar-refractivity contribution in [1.29, 1.82) is 0 Å². The summed E-state index contributed by atoms with van der Waals surface area (Å²) in [6, 6.07) is 17.1. The van der Waals surface area contributed by atoms with Crippen LogP contribution >= 0.6 is 11.3 Å². The van der Waals surface area contributed by atoms with Crippen molar-refractivity contribution in [3.63, 3.8) is 0 Å². The Kier molecular flexibility index (Phi) is 2.82. The van der Waals surface area contributed by atoms with Gasteiger partial charge in [-0.25, -0.2) is 4.79 Å². The van der Waals surface area contributed by atoms with Crippen LogP contribution < -0.4 is 4.74 Å². The highest BCUT2D eigenvalue weighted by atomic mass is 32.1. The zero-order valence-electron chi connectivity index (χ0n) is 9.50.